The average molecular weight is 478 g/mol. The molecule has 0 aliphatic heterocycles. The Morgan fingerprint density at radius 1 is 1.03 bits per heavy atom. The van der Waals surface area contributed by atoms with Crippen molar-refractivity contribution in [1.82, 2.24) is 24.1 Å². The Kier molecular flexibility index (Phi) is 6.62. The number of anilines is 2. The number of carboxylic acid groups (broad SMARTS) is 1. The van der Waals surface area contributed by atoms with Crippen molar-refractivity contribution < 1.29 is 19.0 Å². The summed E-state index contributed by atoms with van der Waals surface area (Å²) in [5.41, 5.74) is -0.375. The lowest BCUT2D eigenvalue weighted by Gasteiger charge is -2.15. The monoisotopic (exact) mass is 478 g/mol. The summed E-state index contributed by atoms with van der Waals surface area (Å²) in [6.07, 6.45) is 2.38. The molecular formula is C23H19FN6O5. The van der Waals surface area contributed by atoms with Crippen LogP contribution < -0.4 is 21.4 Å². The van der Waals surface area contributed by atoms with Crippen LogP contribution in [0.1, 0.15) is 23.0 Å². The Labute approximate surface area is 197 Å². The van der Waals surface area contributed by atoms with Crippen molar-refractivity contribution in [1.29, 1.82) is 0 Å². The maximum absolute atomic E-state index is 13.3. The van der Waals surface area contributed by atoms with Crippen LogP contribution in [0.5, 0.6) is 11.6 Å². The standard InChI is InChI=1S/C23H19FN6O5/c1-2-29-22(33)28-21(30(23(29)34)13-14-3-5-15(24)6-4-14)26-16-7-9-17(10-8-16)35-19-12-25-11-18(27-19)20(31)32/h3-12H,2,13H2,1H3,(H,31,32)(H,26,28,33). The van der Waals surface area contributed by atoms with Gasteiger partial charge in [-0.25, -0.2) is 28.3 Å². The van der Waals surface area contributed by atoms with Gasteiger partial charge in [0, 0.05) is 12.2 Å². The van der Waals surface area contributed by atoms with Gasteiger partial charge in [-0.2, -0.15) is 4.98 Å². The Balaban J connectivity index is 1.60. The number of benzene rings is 2. The predicted octanol–water partition coefficient (Wildman–Crippen LogP) is 2.64. The van der Waals surface area contributed by atoms with Crippen molar-refractivity contribution in [3.05, 3.63) is 99.0 Å². The van der Waals surface area contributed by atoms with E-state index in [-0.39, 0.29) is 30.6 Å². The van der Waals surface area contributed by atoms with Gasteiger partial charge in [-0.1, -0.05) is 12.1 Å². The zero-order valence-corrected chi connectivity index (χ0v) is 18.4. The van der Waals surface area contributed by atoms with Crippen LogP contribution in [-0.2, 0) is 13.1 Å². The van der Waals surface area contributed by atoms with E-state index in [4.69, 9.17) is 9.84 Å². The van der Waals surface area contributed by atoms with Gasteiger partial charge in [-0.05, 0) is 48.9 Å². The molecule has 2 aromatic carbocycles. The Morgan fingerprint density at radius 3 is 2.40 bits per heavy atom. The molecular weight excluding hydrogens is 459 g/mol. The van der Waals surface area contributed by atoms with E-state index in [1.54, 1.807) is 43.3 Å². The lowest BCUT2D eigenvalue weighted by atomic mass is 10.2. The summed E-state index contributed by atoms with van der Waals surface area (Å²) in [7, 11) is 0. The van der Waals surface area contributed by atoms with Crippen molar-refractivity contribution in [2.24, 2.45) is 0 Å². The fraction of sp³-hybridized carbons (Fsp3) is 0.130. The smallest absolute Gasteiger partial charge is 0.356 e. The van der Waals surface area contributed by atoms with Gasteiger partial charge < -0.3 is 15.2 Å². The van der Waals surface area contributed by atoms with Crippen LogP contribution in [0, 0.1) is 5.82 Å². The molecule has 0 radical (unpaired) electrons. The summed E-state index contributed by atoms with van der Waals surface area (Å²) in [5, 5.41) is 12.0. The molecule has 0 spiro atoms. The molecule has 0 aliphatic carbocycles. The average Bonchev–Trinajstić information content (AvgIpc) is 2.84. The number of aromatic nitrogens is 5. The second kappa shape index (κ2) is 9.95. The topological polar surface area (TPSA) is 141 Å². The van der Waals surface area contributed by atoms with Crippen molar-refractivity contribution in [2.45, 2.75) is 20.0 Å². The summed E-state index contributed by atoms with van der Waals surface area (Å²) in [6, 6.07) is 12.0. The number of nitrogens with zero attached hydrogens (tertiary/aromatic N) is 5. The van der Waals surface area contributed by atoms with Gasteiger partial charge in [0.25, 0.3) is 0 Å². The number of rotatable bonds is 8. The van der Waals surface area contributed by atoms with E-state index in [0.717, 1.165) is 10.8 Å². The van der Waals surface area contributed by atoms with Crippen LogP contribution >= 0.6 is 0 Å². The quantitative estimate of drug-likeness (QED) is 0.391. The van der Waals surface area contributed by atoms with Gasteiger partial charge in [0.05, 0.1) is 18.9 Å². The summed E-state index contributed by atoms with van der Waals surface area (Å²) in [5.74, 6) is -1.26. The van der Waals surface area contributed by atoms with E-state index in [9.17, 15) is 18.8 Å². The summed E-state index contributed by atoms with van der Waals surface area (Å²) in [4.78, 5) is 47.9. The van der Waals surface area contributed by atoms with Crippen LogP contribution in [0.25, 0.3) is 0 Å². The number of carboxylic acids is 1. The van der Waals surface area contributed by atoms with Crippen molar-refractivity contribution in [3.8, 4) is 11.6 Å². The highest BCUT2D eigenvalue weighted by molar-refractivity contribution is 5.84. The van der Waals surface area contributed by atoms with E-state index in [1.807, 2.05) is 0 Å². The maximum atomic E-state index is 13.3. The minimum Gasteiger partial charge on any atom is -0.476 e. The lowest BCUT2D eigenvalue weighted by molar-refractivity contribution is 0.0689. The van der Waals surface area contributed by atoms with Gasteiger partial charge >= 0.3 is 17.3 Å². The number of hydrogen-bond acceptors (Lipinski definition) is 8. The van der Waals surface area contributed by atoms with E-state index >= 15 is 0 Å². The number of aromatic carboxylic acids is 1. The molecule has 0 saturated carbocycles. The van der Waals surface area contributed by atoms with Gasteiger partial charge in [0.2, 0.25) is 11.8 Å². The molecule has 12 heteroatoms. The van der Waals surface area contributed by atoms with Crippen molar-refractivity contribution >= 4 is 17.6 Å². The van der Waals surface area contributed by atoms with Gasteiger partial charge in [0.15, 0.2) is 5.69 Å². The van der Waals surface area contributed by atoms with Crippen LogP contribution in [0.2, 0.25) is 0 Å². The molecule has 0 atom stereocenters. The molecule has 178 valence electrons. The molecule has 0 amide bonds. The van der Waals surface area contributed by atoms with E-state index in [2.05, 4.69) is 20.3 Å². The first kappa shape index (κ1) is 23.3. The highest BCUT2D eigenvalue weighted by atomic mass is 19.1. The SMILES string of the molecule is CCn1c(=O)nc(Nc2ccc(Oc3cncc(C(=O)O)n3)cc2)n(Cc2ccc(F)cc2)c1=O. The molecule has 0 fully saturated rings. The third-order valence-corrected chi connectivity index (χ3v) is 4.88. The third kappa shape index (κ3) is 5.38. The fourth-order valence-corrected chi connectivity index (χ4v) is 3.17. The summed E-state index contributed by atoms with van der Waals surface area (Å²) < 4.78 is 21.1. The van der Waals surface area contributed by atoms with Gasteiger partial charge in [0.1, 0.15) is 11.6 Å². The first-order valence-electron chi connectivity index (χ1n) is 10.4. The molecule has 0 bridgehead atoms. The first-order valence-corrected chi connectivity index (χ1v) is 10.4. The highest BCUT2D eigenvalue weighted by Gasteiger charge is 2.14. The molecule has 0 saturated heterocycles. The molecule has 2 heterocycles. The van der Waals surface area contributed by atoms with E-state index in [0.29, 0.717) is 17.0 Å². The first-order chi connectivity index (χ1) is 16.8. The number of halogens is 1. The molecule has 11 nitrogen and oxygen atoms in total. The second-order valence-corrected chi connectivity index (χ2v) is 7.26. The number of nitrogens with one attached hydrogen (secondary N) is 1. The predicted molar refractivity (Wildman–Crippen MR) is 123 cm³/mol. The normalized spacial score (nSPS) is 10.7. The summed E-state index contributed by atoms with van der Waals surface area (Å²) in [6.45, 7) is 1.87. The Hall–Kier alpha value is -4.87. The Morgan fingerprint density at radius 2 is 1.74 bits per heavy atom. The molecule has 35 heavy (non-hydrogen) atoms. The highest BCUT2D eigenvalue weighted by Crippen LogP contribution is 2.22. The van der Waals surface area contributed by atoms with E-state index < -0.39 is 23.2 Å². The largest absolute Gasteiger partial charge is 0.476 e. The number of ether oxygens (including phenoxy) is 1. The maximum Gasteiger partial charge on any atom is 0.356 e. The Bertz CT molecular complexity index is 1480. The van der Waals surface area contributed by atoms with Crippen molar-refractivity contribution in [3.63, 3.8) is 0 Å². The minimum absolute atomic E-state index is 0.00332. The number of carbonyl (C=O) groups is 1. The van der Waals surface area contributed by atoms with Gasteiger partial charge in [-0.3, -0.25) is 9.55 Å². The van der Waals surface area contributed by atoms with Crippen LogP contribution in [0.15, 0.2) is 70.5 Å². The third-order valence-electron chi connectivity index (χ3n) is 4.88. The molecule has 2 aromatic heterocycles. The fourth-order valence-electron chi connectivity index (χ4n) is 3.17. The van der Waals surface area contributed by atoms with Crippen LogP contribution in [0.3, 0.4) is 0 Å². The molecule has 2 N–H and O–H groups in total. The van der Waals surface area contributed by atoms with E-state index in [1.165, 1.54) is 22.9 Å². The molecule has 4 aromatic rings. The van der Waals surface area contributed by atoms with Crippen molar-refractivity contribution in [2.75, 3.05) is 5.32 Å². The zero-order valence-electron chi connectivity index (χ0n) is 18.4. The van der Waals surface area contributed by atoms with Crippen LogP contribution in [0.4, 0.5) is 16.0 Å². The molecule has 0 aliphatic rings. The second-order valence-electron chi connectivity index (χ2n) is 7.26. The van der Waals surface area contributed by atoms with Crippen LogP contribution in [-0.4, -0.2) is 35.2 Å². The summed E-state index contributed by atoms with van der Waals surface area (Å²) >= 11 is 0. The zero-order chi connectivity index (χ0) is 24.9. The number of hydrogen-bond donors (Lipinski definition) is 2. The molecule has 0 unspecified atom stereocenters. The molecule has 4 rings (SSSR count). The lowest BCUT2D eigenvalue weighted by Crippen LogP contribution is -2.42. The minimum atomic E-state index is -1.23. The van der Waals surface area contributed by atoms with Gasteiger partial charge in [-0.15, -0.1) is 0 Å².